The quantitative estimate of drug-likeness (QED) is 0.576. The van der Waals surface area contributed by atoms with Gasteiger partial charge in [0.2, 0.25) is 5.91 Å². The summed E-state index contributed by atoms with van der Waals surface area (Å²) in [6, 6.07) is 12.9. The van der Waals surface area contributed by atoms with Gasteiger partial charge in [-0.15, -0.1) is 0 Å². The van der Waals surface area contributed by atoms with E-state index in [1.54, 1.807) is 32.9 Å². The van der Waals surface area contributed by atoms with Crippen molar-refractivity contribution in [2.45, 2.75) is 38.8 Å². The minimum absolute atomic E-state index is 0.117. The molecule has 0 radical (unpaired) electrons. The van der Waals surface area contributed by atoms with Gasteiger partial charge in [0, 0.05) is 55.7 Å². The number of anilines is 1. The third-order valence-corrected chi connectivity index (χ3v) is 6.28. The van der Waals surface area contributed by atoms with E-state index in [4.69, 9.17) is 16.3 Å². The number of carbonyl (C=O) groups excluding carboxylic acids is 2. The van der Waals surface area contributed by atoms with Crippen LogP contribution in [0.25, 0.3) is 10.9 Å². The first-order valence-electron chi connectivity index (χ1n) is 11.8. The van der Waals surface area contributed by atoms with Crippen molar-refractivity contribution in [3.8, 4) is 0 Å². The van der Waals surface area contributed by atoms with Gasteiger partial charge in [-0.25, -0.2) is 4.79 Å². The SMILES string of the molecule is Cn1ncc2cc(N3CCN(C(=O)C(Cc4ccc(Cl)cc4)NC(=O)OC(C)(C)C)CC3)ccc21. The molecule has 1 unspecified atom stereocenters. The summed E-state index contributed by atoms with van der Waals surface area (Å²) < 4.78 is 7.27. The Labute approximate surface area is 210 Å². The molecular weight excluding hydrogens is 466 g/mol. The molecule has 1 saturated heterocycles. The van der Waals surface area contributed by atoms with Crippen molar-refractivity contribution in [2.75, 3.05) is 31.1 Å². The van der Waals surface area contributed by atoms with Gasteiger partial charge in [0.05, 0.1) is 11.7 Å². The Morgan fingerprint density at radius 2 is 1.77 bits per heavy atom. The highest BCUT2D eigenvalue weighted by Gasteiger charge is 2.30. The van der Waals surface area contributed by atoms with Crippen molar-refractivity contribution in [2.24, 2.45) is 7.05 Å². The largest absolute Gasteiger partial charge is 0.444 e. The van der Waals surface area contributed by atoms with Crippen molar-refractivity contribution in [3.63, 3.8) is 0 Å². The van der Waals surface area contributed by atoms with Crippen LogP contribution in [0.1, 0.15) is 26.3 Å². The van der Waals surface area contributed by atoms with Crippen LogP contribution in [0.15, 0.2) is 48.7 Å². The van der Waals surface area contributed by atoms with E-state index in [-0.39, 0.29) is 5.91 Å². The molecule has 8 nitrogen and oxygen atoms in total. The van der Waals surface area contributed by atoms with Crippen LogP contribution in [-0.2, 0) is 23.0 Å². The second-order valence-electron chi connectivity index (χ2n) is 9.85. The minimum atomic E-state index is -0.732. The van der Waals surface area contributed by atoms with Gasteiger partial charge in [0.1, 0.15) is 11.6 Å². The molecule has 2 amide bonds. The second-order valence-corrected chi connectivity index (χ2v) is 10.3. The molecule has 4 rings (SSSR count). The highest BCUT2D eigenvalue weighted by atomic mass is 35.5. The molecule has 1 N–H and O–H groups in total. The molecule has 1 aromatic heterocycles. The number of hydrogen-bond donors (Lipinski definition) is 1. The molecular formula is C26H32ClN5O3. The van der Waals surface area contributed by atoms with E-state index in [2.05, 4.69) is 33.5 Å². The van der Waals surface area contributed by atoms with Crippen molar-refractivity contribution in [3.05, 3.63) is 59.2 Å². The standard InChI is InChI=1S/C26H32ClN5O3/c1-26(2,3)35-25(34)29-22(15-18-5-7-20(27)8-6-18)24(33)32-13-11-31(12-14-32)21-9-10-23-19(16-21)17-28-30(23)4/h5-10,16-17,22H,11-15H2,1-4H3,(H,29,34). The smallest absolute Gasteiger partial charge is 0.408 e. The molecule has 1 fully saturated rings. The lowest BCUT2D eigenvalue weighted by molar-refractivity contribution is -0.133. The molecule has 0 saturated carbocycles. The van der Waals surface area contributed by atoms with Crippen molar-refractivity contribution >= 4 is 40.2 Å². The number of ether oxygens (including phenoxy) is 1. The normalized spacial score (nSPS) is 15.2. The van der Waals surface area contributed by atoms with Crippen molar-refractivity contribution < 1.29 is 14.3 Å². The molecule has 9 heteroatoms. The highest BCUT2D eigenvalue weighted by Crippen LogP contribution is 2.23. The average Bonchev–Trinajstić information content (AvgIpc) is 3.18. The number of rotatable bonds is 5. The van der Waals surface area contributed by atoms with Crippen LogP contribution in [0, 0.1) is 0 Å². The molecule has 2 heterocycles. The predicted octanol–water partition coefficient (Wildman–Crippen LogP) is 4.01. The summed E-state index contributed by atoms with van der Waals surface area (Å²) >= 11 is 6.01. The first-order valence-corrected chi connectivity index (χ1v) is 12.2. The number of benzene rings is 2. The van der Waals surface area contributed by atoms with Gasteiger partial charge in [-0.05, 0) is 56.7 Å². The zero-order chi connectivity index (χ0) is 25.2. The molecule has 3 aromatic rings. The Balaban J connectivity index is 1.43. The lowest BCUT2D eigenvalue weighted by Crippen LogP contribution is -2.56. The van der Waals surface area contributed by atoms with E-state index in [0.29, 0.717) is 37.6 Å². The fourth-order valence-electron chi connectivity index (χ4n) is 4.26. The van der Waals surface area contributed by atoms with E-state index in [9.17, 15) is 9.59 Å². The lowest BCUT2D eigenvalue weighted by atomic mass is 10.0. The predicted molar refractivity (Wildman–Crippen MR) is 138 cm³/mol. The van der Waals surface area contributed by atoms with Gasteiger partial charge in [0.15, 0.2) is 0 Å². The number of halogens is 1. The fourth-order valence-corrected chi connectivity index (χ4v) is 4.39. The van der Waals surface area contributed by atoms with Crippen LogP contribution < -0.4 is 10.2 Å². The Morgan fingerprint density at radius 3 is 2.43 bits per heavy atom. The molecule has 186 valence electrons. The van der Waals surface area contributed by atoms with Crippen molar-refractivity contribution in [1.82, 2.24) is 20.0 Å². The third-order valence-electron chi connectivity index (χ3n) is 6.03. The number of aryl methyl sites for hydroxylation is 1. The number of hydrogen-bond acceptors (Lipinski definition) is 5. The number of aromatic nitrogens is 2. The lowest BCUT2D eigenvalue weighted by Gasteiger charge is -2.37. The van der Waals surface area contributed by atoms with Gasteiger partial charge in [0.25, 0.3) is 0 Å². The Kier molecular flexibility index (Phi) is 7.21. The van der Waals surface area contributed by atoms with Crippen LogP contribution in [0.3, 0.4) is 0 Å². The molecule has 0 bridgehead atoms. The van der Waals surface area contributed by atoms with Crippen LogP contribution in [0.4, 0.5) is 10.5 Å². The fraction of sp³-hybridized carbons (Fsp3) is 0.423. The molecule has 2 aromatic carbocycles. The first-order chi connectivity index (χ1) is 16.6. The van der Waals surface area contributed by atoms with Gasteiger partial charge >= 0.3 is 6.09 Å². The zero-order valence-corrected chi connectivity index (χ0v) is 21.4. The van der Waals surface area contributed by atoms with Crippen LogP contribution in [-0.4, -0.2) is 64.5 Å². The number of carbonyl (C=O) groups is 2. The number of nitrogens with one attached hydrogen (secondary N) is 1. The third kappa shape index (κ3) is 6.25. The maximum atomic E-state index is 13.5. The number of amides is 2. The summed E-state index contributed by atoms with van der Waals surface area (Å²) in [5.74, 6) is -0.117. The summed E-state index contributed by atoms with van der Waals surface area (Å²) in [5.41, 5.74) is 2.45. The molecule has 0 aliphatic carbocycles. The van der Waals surface area contributed by atoms with Crippen LogP contribution in [0.2, 0.25) is 5.02 Å². The summed E-state index contributed by atoms with van der Waals surface area (Å²) in [5, 5.41) is 8.82. The second kappa shape index (κ2) is 10.2. The highest BCUT2D eigenvalue weighted by molar-refractivity contribution is 6.30. The van der Waals surface area contributed by atoms with Gasteiger partial charge in [-0.3, -0.25) is 9.48 Å². The van der Waals surface area contributed by atoms with Crippen LogP contribution >= 0.6 is 11.6 Å². The van der Waals surface area contributed by atoms with E-state index in [1.807, 2.05) is 35.0 Å². The topological polar surface area (TPSA) is 79.7 Å². The number of piperazine rings is 1. The molecule has 1 aliphatic heterocycles. The van der Waals surface area contributed by atoms with E-state index in [0.717, 1.165) is 22.2 Å². The number of alkyl carbamates (subject to hydrolysis) is 1. The minimum Gasteiger partial charge on any atom is -0.444 e. The molecule has 1 aliphatic rings. The van der Waals surface area contributed by atoms with E-state index in [1.165, 1.54) is 0 Å². The van der Waals surface area contributed by atoms with E-state index < -0.39 is 17.7 Å². The van der Waals surface area contributed by atoms with Gasteiger partial charge in [-0.2, -0.15) is 5.10 Å². The Morgan fingerprint density at radius 1 is 1.09 bits per heavy atom. The Bertz CT molecular complexity index is 1190. The summed E-state index contributed by atoms with van der Waals surface area (Å²) in [6.07, 6.45) is 1.61. The summed E-state index contributed by atoms with van der Waals surface area (Å²) in [7, 11) is 1.93. The molecule has 1 atom stereocenters. The zero-order valence-electron chi connectivity index (χ0n) is 20.6. The van der Waals surface area contributed by atoms with E-state index >= 15 is 0 Å². The maximum absolute atomic E-state index is 13.5. The van der Waals surface area contributed by atoms with Crippen LogP contribution in [0.5, 0.6) is 0 Å². The average molecular weight is 498 g/mol. The Hall–Kier alpha value is -3.26. The molecule has 35 heavy (non-hydrogen) atoms. The number of nitrogens with zero attached hydrogens (tertiary/aromatic N) is 4. The monoisotopic (exact) mass is 497 g/mol. The maximum Gasteiger partial charge on any atom is 0.408 e. The van der Waals surface area contributed by atoms with Crippen molar-refractivity contribution in [1.29, 1.82) is 0 Å². The number of fused-ring (bicyclic) bond motifs is 1. The summed E-state index contributed by atoms with van der Waals surface area (Å²) in [4.78, 5) is 30.1. The van der Waals surface area contributed by atoms with Gasteiger partial charge < -0.3 is 19.9 Å². The summed E-state index contributed by atoms with van der Waals surface area (Å²) in [6.45, 7) is 7.93. The molecule has 0 spiro atoms. The van der Waals surface area contributed by atoms with Gasteiger partial charge in [-0.1, -0.05) is 23.7 Å². The first kappa shape index (κ1) is 24.9.